The monoisotopic (exact) mass is 320 g/mol. The van der Waals surface area contributed by atoms with Crippen LogP contribution in [0.25, 0.3) is 0 Å². The summed E-state index contributed by atoms with van der Waals surface area (Å²) in [4.78, 5) is 14.6. The smallest absolute Gasteiger partial charge is 0.365 e. The summed E-state index contributed by atoms with van der Waals surface area (Å²) in [6.07, 6.45) is 0. The predicted octanol–water partition coefficient (Wildman–Crippen LogP) is 3.90. The van der Waals surface area contributed by atoms with E-state index in [1.54, 1.807) is 5.38 Å². The Balaban J connectivity index is 2.08. The number of halogens is 3. The minimum Gasteiger partial charge on any atom is -0.476 e. The third kappa shape index (κ3) is 3.34. The number of anilines is 1. The van der Waals surface area contributed by atoms with E-state index in [2.05, 4.69) is 10.3 Å². The molecule has 4 nitrogen and oxygen atoms in total. The Morgan fingerprint density at radius 1 is 1.42 bits per heavy atom. The number of nitrogens with zero attached hydrogens (tertiary/aromatic N) is 1. The van der Waals surface area contributed by atoms with Crippen LogP contribution >= 0.6 is 34.5 Å². The molecule has 0 spiro atoms. The van der Waals surface area contributed by atoms with E-state index in [-0.39, 0.29) is 15.1 Å². The number of carbonyl (C=O) groups is 1. The lowest BCUT2D eigenvalue weighted by Crippen LogP contribution is -2.02. The third-order valence-electron chi connectivity index (χ3n) is 2.19. The van der Waals surface area contributed by atoms with Gasteiger partial charge in [0.2, 0.25) is 5.01 Å². The molecule has 0 saturated heterocycles. The highest BCUT2D eigenvalue weighted by atomic mass is 35.5. The fourth-order valence-corrected chi connectivity index (χ4v) is 2.48. The van der Waals surface area contributed by atoms with E-state index in [1.807, 2.05) is 0 Å². The van der Waals surface area contributed by atoms with Crippen LogP contribution in [0.2, 0.25) is 10.0 Å². The second-order valence-corrected chi connectivity index (χ2v) is 5.23. The molecule has 0 amide bonds. The van der Waals surface area contributed by atoms with E-state index < -0.39 is 11.8 Å². The average molecular weight is 321 g/mol. The number of rotatable bonds is 4. The molecule has 0 aliphatic heterocycles. The molecule has 2 N–H and O–H groups in total. The molecule has 0 radical (unpaired) electrons. The fourth-order valence-electron chi connectivity index (χ4n) is 1.34. The molecule has 8 heteroatoms. The Labute approximate surface area is 121 Å². The van der Waals surface area contributed by atoms with E-state index in [0.717, 1.165) is 11.3 Å². The van der Waals surface area contributed by atoms with Crippen LogP contribution in [-0.4, -0.2) is 16.1 Å². The molecule has 1 heterocycles. The molecule has 0 bridgehead atoms. The molecule has 0 unspecified atom stereocenters. The Hall–Kier alpha value is -1.37. The maximum Gasteiger partial charge on any atom is 0.365 e. The third-order valence-corrected chi connectivity index (χ3v) is 3.62. The highest BCUT2D eigenvalue weighted by Crippen LogP contribution is 2.27. The molecule has 1 aromatic heterocycles. The Kier molecular flexibility index (Phi) is 4.24. The molecule has 19 heavy (non-hydrogen) atoms. The van der Waals surface area contributed by atoms with Gasteiger partial charge in [-0.15, -0.1) is 11.3 Å². The van der Waals surface area contributed by atoms with Gasteiger partial charge >= 0.3 is 5.97 Å². The quantitative estimate of drug-likeness (QED) is 0.839. The van der Waals surface area contributed by atoms with E-state index in [0.29, 0.717) is 17.9 Å². The Morgan fingerprint density at radius 2 is 2.05 bits per heavy atom. The van der Waals surface area contributed by atoms with E-state index >= 15 is 0 Å². The van der Waals surface area contributed by atoms with Crippen molar-refractivity contribution in [3.05, 3.63) is 44.1 Å². The lowest BCUT2D eigenvalue weighted by molar-refractivity contribution is 0.0696. The van der Waals surface area contributed by atoms with Gasteiger partial charge in [-0.2, -0.15) is 0 Å². The minimum absolute atomic E-state index is 0.0203. The molecule has 100 valence electrons. The first kappa shape index (κ1) is 14.0. The van der Waals surface area contributed by atoms with Crippen molar-refractivity contribution in [2.75, 3.05) is 5.32 Å². The molecule has 0 aliphatic rings. The van der Waals surface area contributed by atoms with Crippen molar-refractivity contribution in [3.8, 4) is 0 Å². The number of nitrogens with one attached hydrogen (secondary N) is 1. The number of hydrogen-bond acceptors (Lipinski definition) is 4. The van der Waals surface area contributed by atoms with Crippen molar-refractivity contribution in [2.24, 2.45) is 0 Å². The van der Waals surface area contributed by atoms with Crippen molar-refractivity contribution in [1.82, 2.24) is 4.98 Å². The lowest BCUT2D eigenvalue weighted by Gasteiger charge is -2.06. The molecular weight excluding hydrogens is 314 g/mol. The molecule has 2 rings (SSSR count). The molecule has 0 aliphatic carbocycles. The van der Waals surface area contributed by atoms with Crippen molar-refractivity contribution >= 4 is 46.2 Å². The molecule has 0 saturated carbocycles. The summed E-state index contributed by atoms with van der Waals surface area (Å²) in [7, 11) is 0. The maximum atomic E-state index is 13.2. The average Bonchev–Trinajstić information content (AvgIpc) is 2.82. The van der Waals surface area contributed by atoms with Gasteiger partial charge in [0.05, 0.1) is 22.3 Å². The molecule has 2 aromatic rings. The summed E-state index contributed by atoms with van der Waals surface area (Å²) in [5, 5.41) is 13.2. The molecule has 0 atom stereocenters. The number of carboxylic acids is 1. The summed E-state index contributed by atoms with van der Waals surface area (Å²) >= 11 is 12.4. The number of aromatic nitrogens is 1. The topological polar surface area (TPSA) is 62.2 Å². The SMILES string of the molecule is O=C(O)c1nc(CNc2cc(Cl)c(F)c(Cl)c2)cs1. The summed E-state index contributed by atoms with van der Waals surface area (Å²) in [5.74, 6) is -1.74. The molecule has 0 fully saturated rings. The van der Waals surface area contributed by atoms with Gasteiger partial charge in [0.1, 0.15) is 0 Å². The van der Waals surface area contributed by atoms with Gasteiger partial charge in [0.25, 0.3) is 0 Å². The number of aromatic carboxylic acids is 1. The normalized spacial score (nSPS) is 10.5. The summed E-state index contributed by atoms with van der Waals surface area (Å²) in [6, 6.07) is 2.79. The van der Waals surface area contributed by atoms with E-state index in [1.165, 1.54) is 12.1 Å². The zero-order valence-corrected chi connectivity index (χ0v) is 11.6. The number of carboxylic acid groups (broad SMARTS) is 1. The first-order valence-electron chi connectivity index (χ1n) is 5.03. The highest BCUT2D eigenvalue weighted by Gasteiger charge is 2.10. The number of hydrogen-bond donors (Lipinski definition) is 2. The lowest BCUT2D eigenvalue weighted by atomic mass is 10.3. The van der Waals surface area contributed by atoms with Crippen molar-refractivity contribution < 1.29 is 14.3 Å². The number of benzene rings is 1. The first-order valence-corrected chi connectivity index (χ1v) is 6.67. The van der Waals surface area contributed by atoms with Crippen LogP contribution in [-0.2, 0) is 6.54 Å². The van der Waals surface area contributed by atoms with Crippen molar-refractivity contribution in [2.45, 2.75) is 6.54 Å². The van der Waals surface area contributed by atoms with Crippen LogP contribution in [0.1, 0.15) is 15.5 Å². The zero-order chi connectivity index (χ0) is 14.0. The minimum atomic E-state index is -1.07. The van der Waals surface area contributed by atoms with E-state index in [9.17, 15) is 9.18 Å². The second-order valence-electron chi connectivity index (χ2n) is 3.56. The summed E-state index contributed by atoms with van der Waals surface area (Å²) in [6.45, 7) is 0.294. The zero-order valence-electron chi connectivity index (χ0n) is 9.28. The Morgan fingerprint density at radius 3 is 2.58 bits per heavy atom. The van der Waals surface area contributed by atoms with Crippen LogP contribution in [0, 0.1) is 5.82 Å². The van der Waals surface area contributed by atoms with Gasteiger partial charge < -0.3 is 10.4 Å². The van der Waals surface area contributed by atoms with Crippen LogP contribution in [0.3, 0.4) is 0 Å². The number of thiazole rings is 1. The van der Waals surface area contributed by atoms with Crippen LogP contribution < -0.4 is 5.32 Å². The van der Waals surface area contributed by atoms with Crippen LogP contribution in [0.4, 0.5) is 10.1 Å². The van der Waals surface area contributed by atoms with Gasteiger partial charge in [0, 0.05) is 11.1 Å². The largest absolute Gasteiger partial charge is 0.476 e. The van der Waals surface area contributed by atoms with E-state index in [4.69, 9.17) is 28.3 Å². The van der Waals surface area contributed by atoms with Gasteiger partial charge in [0.15, 0.2) is 5.82 Å². The van der Waals surface area contributed by atoms with Crippen molar-refractivity contribution in [1.29, 1.82) is 0 Å². The maximum absolute atomic E-state index is 13.2. The predicted molar refractivity (Wildman–Crippen MR) is 72.8 cm³/mol. The Bertz CT molecular complexity index is 610. The molecular formula is C11H7Cl2FN2O2S. The van der Waals surface area contributed by atoms with Gasteiger partial charge in [-0.05, 0) is 12.1 Å². The second kappa shape index (κ2) is 5.73. The summed E-state index contributed by atoms with van der Waals surface area (Å²) < 4.78 is 13.2. The molecule has 1 aromatic carbocycles. The summed E-state index contributed by atoms with van der Waals surface area (Å²) in [5.41, 5.74) is 1.10. The van der Waals surface area contributed by atoms with Gasteiger partial charge in [-0.3, -0.25) is 0 Å². The fraction of sp³-hybridized carbons (Fsp3) is 0.0909. The van der Waals surface area contributed by atoms with Crippen LogP contribution in [0.15, 0.2) is 17.5 Å². The highest BCUT2D eigenvalue weighted by molar-refractivity contribution is 7.11. The van der Waals surface area contributed by atoms with Gasteiger partial charge in [-0.25, -0.2) is 14.2 Å². The first-order chi connectivity index (χ1) is 8.97. The van der Waals surface area contributed by atoms with Crippen molar-refractivity contribution in [3.63, 3.8) is 0 Å². The van der Waals surface area contributed by atoms with Gasteiger partial charge in [-0.1, -0.05) is 23.2 Å². The standard InChI is InChI=1S/C11H7Cl2FN2O2S/c12-7-1-5(2-8(13)9(7)14)15-3-6-4-19-10(16-6)11(17)18/h1-2,4,15H,3H2,(H,17,18). The van der Waals surface area contributed by atoms with Crippen LogP contribution in [0.5, 0.6) is 0 Å².